The monoisotopic (exact) mass is 185 g/mol. The van der Waals surface area contributed by atoms with Gasteiger partial charge in [0.25, 0.3) is 0 Å². The number of hydrogen-bond acceptors (Lipinski definition) is 2. The first-order valence-electron chi connectivity index (χ1n) is 7.43. The van der Waals surface area contributed by atoms with E-state index in [-0.39, 0.29) is 6.42 Å². The summed E-state index contributed by atoms with van der Waals surface area (Å²) in [5.74, 6) is -3.53. The third-order valence-electron chi connectivity index (χ3n) is 2.20. The molecule has 0 aliphatic heterocycles. The molecule has 2 rings (SSSR count). The Morgan fingerprint density at radius 1 is 1.38 bits per heavy atom. The molecule has 1 fully saturated rings. The summed E-state index contributed by atoms with van der Waals surface area (Å²) < 4.78 is 60.8. The highest BCUT2D eigenvalue weighted by molar-refractivity contribution is 5.29. The zero-order valence-corrected chi connectivity index (χ0v) is 6.91. The minimum Gasteiger partial charge on any atom is -0.353 e. The van der Waals surface area contributed by atoms with Gasteiger partial charge in [-0.05, 0) is 5.56 Å². The van der Waals surface area contributed by atoms with E-state index in [1.807, 2.05) is 0 Å². The van der Waals surface area contributed by atoms with Gasteiger partial charge in [0.1, 0.15) is 0 Å². The van der Waals surface area contributed by atoms with E-state index in [1.165, 1.54) is 0 Å². The second-order valence-electron chi connectivity index (χ2n) is 2.98. The van der Waals surface area contributed by atoms with Crippen LogP contribution in [0.1, 0.15) is 27.5 Å². The van der Waals surface area contributed by atoms with Crippen LogP contribution in [0.2, 0.25) is 0 Å². The Labute approximate surface area is 88.3 Å². The molecule has 0 saturated heterocycles. The Balaban J connectivity index is 2.33. The highest BCUT2D eigenvalue weighted by Gasteiger charge is 2.56. The third-order valence-corrected chi connectivity index (χ3v) is 2.20. The molecule has 0 heterocycles. The molecule has 1 aromatic rings. The topological polar surface area (TPSA) is 18.5 Å². The minimum atomic E-state index is -2.84. The lowest BCUT2D eigenvalue weighted by Crippen LogP contribution is -2.16. The van der Waals surface area contributed by atoms with Crippen molar-refractivity contribution >= 4 is 0 Å². The van der Waals surface area contributed by atoms with Gasteiger partial charge in [0, 0.05) is 27.8 Å². The predicted octanol–water partition coefficient (Wildman–Crippen LogP) is 2.16. The number of ether oxygens (including phenoxy) is 2. The molecule has 0 bridgehead atoms. The summed E-state index contributed by atoms with van der Waals surface area (Å²) in [6.45, 7) is 0. The summed E-state index contributed by atoms with van der Waals surface area (Å²) in [6.07, 6.45) is -0.152. The summed E-state index contributed by atoms with van der Waals surface area (Å²) in [6, 6.07) is 8.33. The van der Waals surface area contributed by atoms with Crippen LogP contribution < -0.4 is 0 Å². The molecule has 1 unspecified atom stereocenters. The molecule has 1 saturated carbocycles. The van der Waals surface area contributed by atoms with Crippen molar-refractivity contribution in [2.45, 2.75) is 18.1 Å². The maximum absolute atomic E-state index is 8.30. The Bertz CT molecular complexity index is 466. The van der Waals surface area contributed by atoms with E-state index in [4.69, 9.17) is 19.1 Å². The van der Waals surface area contributed by atoms with Gasteiger partial charge in [-0.2, -0.15) is 0 Å². The zero-order chi connectivity index (χ0) is 15.2. The maximum atomic E-state index is 8.30. The molecule has 1 atom stereocenters. The van der Waals surface area contributed by atoms with Crippen molar-refractivity contribution in [1.29, 1.82) is 0 Å². The predicted molar refractivity (Wildman–Crippen MR) is 50.5 cm³/mol. The van der Waals surface area contributed by atoms with Gasteiger partial charge in [0.15, 0.2) is 5.79 Å². The Kier molecular flexibility index (Phi) is 0.893. The van der Waals surface area contributed by atoms with Gasteiger partial charge in [-0.15, -0.1) is 0 Å². The van der Waals surface area contributed by atoms with Crippen molar-refractivity contribution < 1.29 is 19.1 Å². The molecule has 70 valence electrons. The van der Waals surface area contributed by atoms with Crippen molar-refractivity contribution in [2.24, 2.45) is 0 Å². The number of benzene rings is 1. The summed E-state index contributed by atoms with van der Waals surface area (Å²) in [7, 11) is -5.69. The molecule has 0 N–H and O–H groups in total. The second-order valence-corrected chi connectivity index (χ2v) is 2.98. The van der Waals surface area contributed by atoms with Gasteiger partial charge < -0.3 is 9.47 Å². The first kappa shape index (κ1) is 3.71. The quantitative estimate of drug-likeness (QED) is 0.672. The van der Waals surface area contributed by atoms with Crippen molar-refractivity contribution in [3.05, 3.63) is 35.9 Å². The van der Waals surface area contributed by atoms with Crippen molar-refractivity contribution in [2.75, 3.05) is 14.1 Å². The summed E-state index contributed by atoms with van der Waals surface area (Å²) in [5.41, 5.74) is 0.452. The second kappa shape index (κ2) is 3.13. The molecule has 0 spiro atoms. The van der Waals surface area contributed by atoms with Crippen LogP contribution in [0.25, 0.3) is 0 Å². The molecule has 13 heavy (non-hydrogen) atoms. The van der Waals surface area contributed by atoms with Gasteiger partial charge >= 0.3 is 0 Å². The molecule has 1 aromatic carbocycles. The fourth-order valence-electron chi connectivity index (χ4n) is 1.37. The minimum absolute atomic E-state index is 0.152. The fraction of sp³-hybridized carbons (Fsp3) is 0.455. The number of rotatable bonds is 3. The van der Waals surface area contributed by atoms with Crippen LogP contribution in [0.4, 0.5) is 0 Å². The summed E-state index contributed by atoms with van der Waals surface area (Å²) in [4.78, 5) is 0. The van der Waals surface area contributed by atoms with E-state index in [1.54, 1.807) is 30.3 Å². The smallest absolute Gasteiger partial charge is 0.175 e. The number of methoxy groups -OCH3 is 2. The van der Waals surface area contributed by atoms with Gasteiger partial charge in [-0.1, -0.05) is 30.3 Å². The number of hydrogen-bond donors (Lipinski definition) is 0. The van der Waals surface area contributed by atoms with Crippen molar-refractivity contribution in [1.82, 2.24) is 0 Å². The zero-order valence-electron chi connectivity index (χ0n) is 13.9. The van der Waals surface area contributed by atoms with E-state index in [0.29, 0.717) is 5.56 Å². The Morgan fingerprint density at radius 2 is 2.08 bits per heavy atom. The van der Waals surface area contributed by atoms with Crippen LogP contribution in [-0.4, -0.2) is 19.9 Å². The van der Waals surface area contributed by atoms with Crippen LogP contribution in [0, 0.1) is 0 Å². The lowest BCUT2D eigenvalue weighted by Gasteiger charge is -2.13. The largest absolute Gasteiger partial charge is 0.353 e. The molecule has 2 nitrogen and oxygen atoms in total. The van der Waals surface area contributed by atoms with Gasteiger partial charge in [0.05, 0.1) is 8.22 Å². The summed E-state index contributed by atoms with van der Waals surface area (Å²) in [5, 5.41) is 0. The van der Waals surface area contributed by atoms with Crippen LogP contribution >= 0.6 is 0 Å². The molecule has 0 aromatic heterocycles. The SMILES string of the molecule is [2H]C([2H])([2H])OC1(OC([2H])([2H])[2H])CC1([2H])c1ccccc1. The molecular formula is C11H14O2. The van der Waals surface area contributed by atoms with Crippen LogP contribution in [0.3, 0.4) is 0 Å². The highest BCUT2D eigenvalue weighted by Crippen LogP contribution is 2.54. The van der Waals surface area contributed by atoms with Gasteiger partial charge in [-0.3, -0.25) is 0 Å². The van der Waals surface area contributed by atoms with Crippen LogP contribution in [0.15, 0.2) is 30.3 Å². The molecule has 1 aliphatic carbocycles. The Hall–Kier alpha value is -0.860. The third kappa shape index (κ3) is 1.36. The molecule has 0 amide bonds. The lowest BCUT2D eigenvalue weighted by atomic mass is 10.1. The maximum Gasteiger partial charge on any atom is 0.175 e. The highest BCUT2D eigenvalue weighted by atomic mass is 16.7. The van der Waals surface area contributed by atoms with E-state index >= 15 is 0 Å². The first-order chi connectivity index (χ1) is 8.98. The summed E-state index contributed by atoms with van der Waals surface area (Å²) >= 11 is 0. The van der Waals surface area contributed by atoms with E-state index in [0.717, 1.165) is 0 Å². The normalized spacial score (nSPS) is 39.8. The van der Waals surface area contributed by atoms with E-state index < -0.39 is 25.8 Å². The van der Waals surface area contributed by atoms with E-state index in [9.17, 15) is 0 Å². The Morgan fingerprint density at radius 3 is 2.69 bits per heavy atom. The van der Waals surface area contributed by atoms with Crippen LogP contribution in [-0.2, 0) is 9.47 Å². The molecule has 2 heteroatoms. The first-order valence-corrected chi connectivity index (χ1v) is 3.93. The molecule has 1 aliphatic rings. The molecule has 0 radical (unpaired) electrons. The average molecular weight is 185 g/mol. The van der Waals surface area contributed by atoms with Gasteiger partial charge in [0.2, 0.25) is 0 Å². The van der Waals surface area contributed by atoms with Gasteiger partial charge in [-0.25, -0.2) is 0 Å². The molecular weight excluding hydrogens is 164 g/mol. The standard InChI is InChI=1S/C11H14O2/c1-12-11(13-2)8-10(11)9-6-4-3-5-7-9/h3-7,10H,8H2,1-2H3/i1D3,2D3,10D. The van der Waals surface area contributed by atoms with Crippen molar-refractivity contribution in [3.8, 4) is 0 Å². The van der Waals surface area contributed by atoms with Crippen molar-refractivity contribution in [3.63, 3.8) is 0 Å². The lowest BCUT2D eigenvalue weighted by molar-refractivity contribution is -0.132. The average Bonchev–Trinajstić information content (AvgIpc) is 2.79. The van der Waals surface area contributed by atoms with E-state index in [2.05, 4.69) is 0 Å². The fourth-order valence-corrected chi connectivity index (χ4v) is 1.37. The van der Waals surface area contributed by atoms with Crippen LogP contribution in [0.5, 0.6) is 0 Å².